The van der Waals surface area contributed by atoms with Crippen molar-refractivity contribution in [3.63, 3.8) is 0 Å². The van der Waals surface area contributed by atoms with Crippen LogP contribution in [0.4, 0.5) is 4.79 Å². The number of primary amides is 1. The van der Waals surface area contributed by atoms with Crippen molar-refractivity contribution < 1.29 is 23.9 Å². The average Bonchev–Trinajstić information content (AvgIpc) is 2.39. The standard InChI is InChI=1S/C12H13BrN2O5/c1-6(11(17)15-12(14)18)20-10-8(13)3-7(5-16)4-9(10)19-2/h3-6H,1-2H3,(H3,14,15,17,18). The summed E-state index contributed by atoms with van der Waals surface area (Å²) in [4.78, 5) is 32.9. The number of nitrogens with two attached hydrogens (primary N) is 1. The van der Waals surface area contributed by atoms with Crippen LogP contribution in [0.3, 0.4) is 0 Å². The van der Waals surface area contributed by atoms with E-state index in [1.54, 1.807) is 0 Å². The molecule has 1 aromatic carbocycles. The van der Waals surface area contributed by atoms with E-state index in [0.29, 0.717) is 16.3 Å². The molecule has 0 heterocycles. The fourth-order valence-corrected chi connectivity index (χ4v) is 1.93. The van der Waals surface area contributed by atoms with Gasteiger partial charge in [-0.3, -0.25) is 14.9 Å². The van der Waals surface area contributed by atoms with E-state index >= 15 is 0 Å². The first-order valence-electron chi connectivity index (χ1n) is 5.48. The Morgan fingerprint density at radius 1 is 1.45 bits per heavy atom. The molecule has 0 saturated carbocycles. The lowest BCUT2D eigenvalue weighted by Crippen LogP contribution is -2.42. The van der Waals surface area contributed by atoms with Crippen LogP contribution < -0.4 is 20.5 Å². The normalized spacial score (nSPS) is 11.3. The van der Waals surface area contributed by atoms with Crippen molar-refractivity contribution in [1.82, 2.24) is 5.32 Å². The average molecular weight is 345 g/mol. The Morgan fingerprint density at radius 2 is 2.10 bits per heavy atom. The highest BCUT2D eigenvalue weighted by Gasteiger charge is 2.20. The third-order valence-corrected chi connectivity index (χ3v) is 2.89. The number of methoxy groups -OCH3 is 1. The highest BCUT2D eigenvalue weighted by Crippen LogP contribution is 2.36. The molecule has 0 fully saturated rings. The summed E-state index contributed by atoms with van der Waals surface area (Å²) < 4.78 is 11.0. The van der Waals surface area contributed by atoms with Crippen LogP contribution in [0, 0.1) is 0 Å². The second-order valence-electron chi connectivity index (χ2n) is 3.77. The van der Waals surface area contributed by atoms with Crippen molar-refractivity contribution in [3.05, 3.63) is 22.2 Å². The molecule has 0 aliphatic heterocycles. The number of hydrogen-bond donors (Lipinski definition) is 2. The number of amides is 3. The van der Waals surface area contributed by atoms with Crippen LogP contribution in [-0.2, 0) is 4.79 Å². The summed E-state index contributed by atoms with van der Waals surface area (Å²) >= 11 is 3.22. The van der Waals surface area contributed by atoms with E-state index in [-0.39, 0.29) is 11.5 Å². The zero-order valence-electron chi connectivity index (χ0n) is 10.8. The lowest BCUT2D eigenvalue weighted by Gasteiger charge is -2.17. The Bertz CT molecular complexity index is 547. The number of ether oxygens (including phenoxy) is 2. The molecule has 0 aliphatic rings. The smallest absolute Gasteiger partial charge is 0.318 e. The summed E-state index contributed by atoms with van der Waals surface area (Å²) in [6, 6.07) is 2.02. The van der Waals surface area contributed by atoms with Crippen molar-refractivity contribution in [2.24, 2.45) is 5.73 Å². The van der Waals surface area contributed by atoms with Gasteiger partial charge in [-0.2, -0.15) is 0 Å². The van der Waals surface area contributed by atoms with Gasteiger partial charge in [0.25, 0.3) is 5.91 Å². The second kappa shape index (κ2) is 6.90. The molecule has 0 radical (unpaired) electrons. The number of imide groups is 1. The molecule has 0 saturated heterocycles. The largest absolute Gasteiger partial charge is 0.493 e. The summed E-state index contributed by atoms with van der Waals surface area (Å²) in [5.41, 5.74) is 5.23. The van der Waals surface area contributed by atoms with Crippen LogP contribution in [0.5, 0.6) is 11.5 Å². The predicted octanol–water partition coefficient (Wildman–Crippen LogP) is 1.23. The number of hydrogen-bond acceptors (Lipinski definition) is 5. The molecule has 1 aromatic rings. The number of rotatable bonds is 5. The van der Waals surface area contributed by atoms with Gasteiger partial charge in [0.05, 0.1) is 11.6 Å². The topological polar surface area (TPSA) is 108 Å². The number of carbonyl (C=O) groups is 3. The van der Waals surface area contributed by atoms with Gasteiger partial charge in [-0.25, -0.2) is 4.79 Å². The van der Waals surface area contributed by atoms with Gasteiger partial charge in [-0.15, -0.1) is 0 Å². The Morgan fingerprint density at radius 3 is 2.60 bits per heavy atom. The van der Waals surface area contributed by atoms with Crippen LogP contribution in [-0.4, -0.2) is 31.4 Å². The van der Waals surface area contributed by atoms with Gasteiger partial charge in [0.2, 0.25) is 0 Å². The zero-order valence-corrected chi connectivity index (χ0v) is 12.4. The molecule has 1 atom stereocenters. The van der Waals surface area contributed by atoms with E-state index in [0.717, 1.165) is 0 Å². The van der Waals surface area contributed by atoms with Crippen LogP contribution >= 0.6 is 15.9 Å². The molecule has 1 rings (SSSR count). The van der Waals surface area contributed by atoms with E-state index in [1.807, 2.05) is 5.32 Å². The van der Waals surface area contributed by atoms with Gasteiger partial charge in [0, 0.05) is 5.56 Å². The molecule has 20 heavy (non-hydrogen) atoms. The number of benzene rings is 1. The van der Waals surface area contributed by atoms with Gasteiger partial charge in [-0.1, -0.05) is 0 Å². The molecule has 1 unspecified atom stereocenters. The first-order chi connectivity index (χ1) is 9.38. The molecule has 3 N–H and O–H groups in total. The molecule has 3 amide bonds. The van der Waals surface area contributed by atoms with Crippen molar-refractivity contribution in [1.29, 1.82) is 0 Å². The summed E-state index contributed by atoms with van der Waals surface area (Å²) in [6.07, 6.45) is -0.324. The SMILES string of the molecule is COc1cc(C=O)cc(Br)c1OC(C)C(=O)NC(N)=O. The molecule has 0 spiro atoms. The minimum atomic E-state index is -0.977. The van der Waals surface area contributed by atoms with Gasteiger partial charge in [0.1, 0.15) is 6.29 Å². The van der Waals surface area contributed by atoms with E-state index in [4.69, 9.17) is 15.2 Å². The molecule has 0 aliphatic carbocycles. The Labute approximate surface area is 123 Å². The lowest BCUT2D eigenvalue weighted by atomic mass is 10.2. The summed E-state index contributed by atoms with van der Waals surface area (Å²) in [5.74, 6) is -0.170. The maximum atomic E-state index is 11.5. The van der Waals surface area contributed by atoms with E-state index < -0.39 is 18.0 Å². The molecule has 0 bridgehead atoms. The first kappa shape index (κ1) is 16.0. The highest BCUT2D eigenvalue weighted by atomic mass is 79.9. The number of halogens is 1. The molecule has 7 nitrogen and oxygen atoms in total. The Hall–Kier alpha value is -2.09. The minimum Gasteiger partial charge on any atom is -0.493 e. The molecule has 8 heteroatoms. The van der Waals surface area contributed by atoms with Crippen molar-refractivity contribution >= 4 is 34.2 Å². The molecular formula is C12H13BrN2O5. The van der Waals surface area contributed by atoms with Gasteiger partial charge in [-0.05, 0) is 35.0 Å². The van der Waals surface area contributed by atoms with Gasteiger partial charge >= 0.3 is 6.03 Å². The fourth-order valence-electron chi connectivity index (χ4n) is 1.38. The summed E-state index contributed by atoms with van der Waals surface area (Å²) in [7, 11) is 1.40. The van der Waals surface area contributed by atoms with Crippen LogP contribution in [0.2, 0.25) is 0 Å². The van der Waals surface area contributed by atoms with Crippen molar-refractivity contribution in [3.8, 4) is 11.5 Å². The van der Waals surface area contributed by atoms with E-state index in [1.165, 1.54) is 26.2 Å². The maximum absolute atomic E-state index is 11.5. The summed E-state index contributed by atoms with van der Waals surface area (Å²) in [6.45, 7) is 1.44. The highest BCUT2D eigenvalue weighted by molar-refractivity contribution is 9.10. The number of aldehydes is 1. The monoisotopic (exact) mass is 344 g/mol. The van der Waals surface area contributed by atoms with E-state index in [2.05, 4.69) is 15.9 Å². The van der Waals surface area contributed by atoms with Crippen LogP contribution in [0.15, 0.2) is 16.6 Å². The Balaban J connectivity index is 2.99. The molecular weight excluding hydrogens is 332 g/mol. The number of carbonyl (C=O) groups excluding carboxylic acids is 3. The maximum Gasteiger partial charge on any atom is 0.318 e. The van der Waals surface area contributed by atoms with Gasteiger partial charge in [0.15, 0.2) is 17.6 Å². The van der Waals surface area contributed by atoms with Crippen LogP contribution in [0.1, 0.15) is 17.3 Å². The van der Waals surface area contributed by atoms with Gasteiger partial charge < -0.3 is 15.2 Å². The quantitative estimate of drug-likeness (QED) is 0.781. The lowest BCUT2D eigenvalue weighted by molar-refractivity contribution is -0.126. The zero-order chi connectivity index (χ0) is 15.3. The predicted molar refractivity (Wildman–Crippen MR) is 73.9 cm³/mol. The second-order valence-corrected chi connectivity index (χ2v) is 4.62. The number of nitrogens with one attached hydrogen (secondary N) is 1. The van der Waals surface area contributed by atoms with Crippen molar-refractivity contribution in [2.45, 2.75) is 13.0 Å². The number of urea groups is 1. The first-order valence-corrected chi connectivity index (χ1v) is 6.28. The van der Waals surface area contributed by atoms with E-state index in [9.17, 15) is 14.4 Å². The minimum absolute atomic E-state index is 0.241. The Kier molecular flexibility index (Phi) is 5.51. The summed E-state index contributed by atoms with van der Waals surface area (Å²) in [5, 5.41) is 1.90. The van der Waals surface area contributed by atoms with Crippen LogP contribution in [0.25, 0.3) is 0 Å². The van der Waals surface area contributed by atoms with Crippen molar-refractivity contribution in [2.75, 3.05) is 7.11 Å². The third kappa shape index (κ3) is 3.95. The fraction of sp³-hybridized carbons (Fsp3) is 0.250. The molecule has 108 valence electrons. The third-order valence-electron chi connectivity index (χ3n) is 2.30. The molecule has 0 aromatic heterocycles.